The van der Waals surface area contributed by atoms with Crippen molar-refractivity contribution >= 4 is 0 Å². The Labute approximate surface area is 129 Å². The quantitative estimate of drug-likeness (QED) is 0.837. The Bertz CT molecular complexity index is 427. The van der Waals surface area contributed by atoms with Crippen LogP contribution in [0, 0.1) is 6.92 Å². The topological polar surface area (TPSA) is 30.5 Å². The van der Waals surface area contributed by atoms with Crippen molar-refractivity contribution in [2.24, 2.45) is 0 Å². The summed E-state index contributed by atoms with van der Waals surface area (Å²) in [4.78, 5) is 0. The lowest BCUT2D eigenvalue weighted by Gasteiger charge is -2.43. The van der Waals surface area contributed by atoms with Crippen LogP contribution in [0.4, 0.5) is 0 Å². The Morgan fingerprint density at radius 2 is 2.00 bits per heavy atom. The lowest BCUT2D eigenvalue weighted by atomic mass is 9.82. The van der Waals surface area contributed by atoms with Crippen LogP contribution in [0.2, 0.25) is 0 Å². The SMILES string of the molecule is CCCNC(Cc1ccccc1C)C1(OC)CCOCC1. The highest BCUT2D eigenvalue weighted by atomic mass is 16.5. The summed E-state index contributed by atoms with van der Waals surface area (Å²) < 4.78 is 11.6. The van der Waals surface area contributed by atoms with E-state index in [1.165, 1.54) is 11.1 Å². The average molecular weight is 291 g/mol. The molecule has 3 nitrogen and oxygen atoms in total. The van der Waals surface area contributed by atoms with Gasteiger partial charge >= 0.3 is 0 Å². The Balaban J connectivity index is 2.18. The van der Waals surface area contributed by atoms with E-state index >= 15 is 0 Å². The van der Waals surface area contributed by atoms with Crippen molar-refractivity contribution in [3.63, 3.8) is 0 Å². The molecule has 1 unspecified atom stereocenters. The van der Waals surface area contributed by atoms with Gasteiger partial charge in [-0.2, -0.15) is 0 Å². The molecule has 1 atom stereocenters. The van der Waals surface area contributed by atoms with Gasteiger partial charge in [0.15, 0.2) is 0 Å². The van der Waals surface area contributed by atoms with Crippen LogP contribution in [0.3, 0.4) is 0 Å². The van der Waals surface area contributed by atoms with Gasteiger partial charge in [-0.3, -0.25) is 0 Å². The molecule has 1 aliphatic rings. The molecule has 118 valence electrons. The summed E-state index contributed by atoms with van der Waals surface area (Å²) in [5.74, 6) is 0. The Morgan fingerprint density at radius 1 is 1.29 bits per heavy atom. The first-order valence-electron chi connectivity index (χ1n) is 8.12. The Kier molecular flexibility index (Phi) is 6.22. The number of benzene rings is 1. The van der Waals surface area contributed by atoms with E-state index in [1.54, 1.807) is 0 Å². The third kappa shape index (κ3) is 4.06. The van der Waals surface area contributed by atoms with E-state index in [4.69, 9.17) is 9.47 Å². The standard InChI is InChI=1S/C18H29NO2/c1-4-11-19-17(14-16-8-6-5-7-15(16)2)18(20-3)9-12-21-13-10-18/h5-8,17,19H,4,9-14H2,1-3H3. The molecule has 1 fully saturated rings. The summed E-state index contributed by atoms with van der Waals surface area (Å²) in [5, 5.41) is 3.73. The number of ether oxygens (including phenoxy) is 2. The smallest absolute Gasteiger partial charge is 0.0877 e. The molecule has 3 heteroatoms. The number of nitrogens with one attached hydrogen (secondary N) is 1. The van der Waals surface area contributed by atoms with Gasteiger partial charge in [-0.15, -0.1) is 0 Å². The van der Waals surface area contributed by atoms with Crippen LogP contribution in [0.25, 0.3) is 0 Å². The second kappa shape index (κ2) is 7.92. The van der Waals surface area contributed by atoms with E-state index in [-0.39, 0.29) is 5.60 Å². The third-order valence-corrected chi connectivity index (χ3v) is 4.71. The van der Waals surface area contributed by atoms with Crippen LogP contribution < -0.4 is 5.32 Å². The van der Waals surface area contributed by atoms with E-state index in [9.17, 15) is 0 Å². The van der Waals surface area contributed by atoms with Gasteiger partial charge in [0, 0.05) is 39.2 Å². The van der Waals surface area contributed by atoms with Gasteiger partial charge in [0.25, 0.3) is 0 Å². The molecule has 1 saturated heterocycles. The van der Waals surface area contributed by atoms with Gasteiger partial charge in [0.2, 0.25) is 0 Å². The lowest BCUT2D eigenvalue weighted by Crippen LogP contribution is -2.56. The van der Waals surface area contributed by atoms with E-state index in [2.05, 4.69) is 43.4 Å². The van der Waals surface area contributed by atoms with Crippen LogP contribution in [0.15, 0.2) is 24.3 Å². The Morgan fingerprint density at radius 3 is 2.62 bits per heavy atom. The molecule has 1 aliphatic heterocycles. The molecule has 0 saturated carbocycles. The number of methoxy groups -OCH3 is 1. The molecular weight excluding hydrogens is 262 g/mol. The number of hydrogen-bond acceptors (Lipinski definition) is 3. The van der Waals surface area contributed by atoms with E-state index in [0.29, 0.717) is 6.04 Å². The molecular formula is C18H29NO2. The zero-order valence-corrected chi connectivity index (χ0v) is 13.7. The molecule has 21 heavy (non-hydrogen) atoms. The molecule has 0 spiro atoms. The fraction of sp³-hybridized carbons (Fsp3) is 0.667. The van der Waals surface area contributed by atoms with Crippen molar-refractivity contribution < 1.29 is 9.47 Å². The third-order valence-electron chi connectivity index (χ3n) is 4.71. The monoisotopic (exact) mass is 291 g/mol. The van der Waals surface area contributed by atoms with Crippen LogP contribution in [0.5, 0.6) is 0 Å². The fourth-order valence-corrected chi connectivity index (χ4v) is 3.23. The largest absolute Gasteiger partial charge is 0.381 e. The first-order valence-corrected chi connectivity index (χ1v) is 8.12. The highest BCUT2D eigenvalue weighted by molar-refractivity contribution is 5.27. The molecule has 2 rings (SSSR count). The fourth-order valence-electron chi connectivity index (χ4n) is 3.23. The summed E-state index contributed by atoms with van der Waals surface area (Å²) in [6.07, 6.45) is 4.09. The predicted molar refractivity (Wildman–Crippen MR) is 86.8 cm³/mol. The zero-order valence-electron chi connectivity index (χ0n) is 13.7. The highest BCUT2D eigenvalue weighted by Crippen LogP contribution is 2.30. The number of hydrogen-bond donors (Lipinski definition) is 1. The van der Waals surface area contributed by atoms with Crippen molar-refractivity contribution in [1.29, 1.82) is 0 Å². The average Bonchev–Trinajstić information content (AvgIpc) is 2.53. The van der Waals surface area contributed by atoms with Crippen LogP contribution >= 0.6 is 0 Å². The molecule has 0 aliphatic carbocycles. The molecule has 0 amide bonds. The molecule has 1 aromatic carbocycles. The molecule has 1 aromatic rings. The molecule has 0 aromatic heterocycles. The van der Waals surface area contributed by atoms with Gasteiger partial charge in [0.1, 0.15) is 0 Å². The number of rotatable bonds is 7. The summed E-state index contributed by atoms with van der Waals surface area (Å²) in [7, 11) is 1.85. The van der Waals surface area contributed by atoms with Crippen molar-refractivity contribution in [3.05, 3.63) is 35.4 Å². The maximum Gasteiger partial charge on any atom is 0.0877 e. The van der Waals surface area contributed by atoms with Gasteiger partial charge in [-0.1, -0.05) is 31.2 Å². The molecule has 0 radical (unpaired) electrons. The summed E-state index contributed by atoms with van der Waals surface area (Å²) >= 11 is 0. The maximum atomic E-state index is 6.01. The first kappa shape index (κ1) is 16.5. The lowest BCUT2D eigenvalue weighted by molar-refractivity contribution is -0.110. The van der Waals surface area contributed by atoms with Gasteiger partial charge in [-0.05, 0) is 37.4 Å². The normalized spacial score (nSPS) is 19.4. The summed E-state index contributed by atoms with van der Waals surface area (Å²) in [6.45, 7) is 7.03. The second-order valence-corrected chi connectivity index (χ2v) is 6.02. The molecule has 1 heterocycles. The van der Waals surface area contributed by atoms with E-state index in [0.717, 1.165) is 45.4 Å². The van der Waals surface area contributed by atoms with Crippen LogP contribution in [-0.2, 0) is 15.9 Å². The second-order valence-electron chi connectivity index (χ2n) is 6.02. The minimum Gasteiger partial charge on any atom is -0.381 e. The zero-order chi connectivity index (χ0) is 15.1. The van der Waals surface area contributed by atoms with Crippen molar-refractivity contribution in [2.75, 3.05) is 26.9 Å². The maximum absolute atomic E-state index is 6.01. The van der Waals surface area contributed by atoms with E-state index in [1.807, 2.05) is 7.11 Å². The van der Waals surface area contributed by atoms with Crippen molar-refractivity contribution in [2.45, 2.75) is 51.2 Å². The molecule has 0 bridgehead atoms. The van der Waals surface area contributed by atoms with Gasteiger partial charge in [-0.25, -0.2) is 0 Å². The predicted octanol–water partition coefficient (Wildman–Crippen LogP) is 3.10. The van der Waals surface area contributed by atoms with Crippen molar-refractivity contribution in [1.82, 2.24) is 5.32 Å². The Hall–Kier alpha value is -0.900. The van der Waals surface area contributed by atoms with Crippen LogP contribution in [0.1, 0.15) is 37.3 Å². The molecule has 1 N–H and O–H groups in total. The highest BCUT2D eigenvalue weighted by Gasteiger charge is 2.40. The van der Waals surface area contributed by atoms with Crippen molar-refractivity contribution in [3.8, 4) is 0 Å². The van der Waals surface area contributed by atoms with Gasteiger partial charge in [0.05, 0.1) is 5.60 Å². The summed E-state index contributed by atoms with van der Waals surface area (Å²) in [5.41, 5.74) is 2.67. The first-order chi connectivity index (χ1) is 10.2. The minimum absolute atomic E-state index is 0.101. The number of aryl methyl sites for hydroxylation is 1. The van der Waals surface area contributed by atoms with Gasteiger partial charge < -0.3 is 14.8 Å². The van der Waals surface area contributed by atoms with E-state index < -0.39 is 0 Å². The summed E-state index contributed by atoms with van der Waals surface area (Å²) in [6, 6.07) is 9.00. The minimum atomic E-state index is -0.101. The van der Waals surface area contributed by atoms with Crippen LogP contribution in [-0.4, -0.2) is 38.5 Å².